The van der Waals surface area contributed by atoms with Crippen LogP contribution in [0, 0.1) is 13.8 Å². The van der Waals surface area contributed by atoms with Crippen LogP contribution in [0.25, 0.3) is 11.0 Å². The van der Waals surface area contributed by atoms with E-state index < -0.39 is 6.10 Å². The standard InChI is InChI=1S/C22H28N2O4/c1-12-13(2)22(26)28-20-11-18(7-8-19(12)20)27-14(3)21(25)24-16-5-4-6-17(24)10-15(23)9-16/h7-8,11,14-17H,4-6,9-10,23H2,1-3H3/t14?,15?,16-,17+. The lowest BCUT2D eigenvalue weighted by molar-refractivity contribution is -0.148. The highest BCUT2D eigenvalue weighted by molar-refractivity contribution is 5.83. The van der Waals surface area contributed by atoms with Gasteiger partial charge in [-0.1, -0.05) is 0 Å². The first-order valence-electron chi connectivity index (χ1n) is 10.1. The summed E-state index contributed by atoms with van der Waals surface area (Å²) in [7, 11) is 0. The molecule has 28 heavy (non-hydrogen) atoms. The lowest BCUT2D eigenvalue weighted by Gasteiger charge is -2.48. The van der Waals surface area contributed by atoms with Gasteiger partial charge in [-0.3, -0.25) is 4.79 Å². The molecule has 4 atom stereocenters. The number of hydrogen-bond acceptors (Lipinski definition) is 5. The van der Waals surface area contributed by atoms with Crippen LogP contribution in [0.5, 0.6) is 5.75 Å². The van der Waals surface area contributed by atoms with Gasteiger partial charge in [-0.25, -0.2) is 4.79 Å². The largest absolute Gasteiger partial charge is 0.481 e. The average molecular weight is 384 g/mol. The summed E-state index contributed by atoms with van der Waals surface area (Å²) in [5.74, 6) is 0.543. The van der Waals surface area contributed by atoms with Crippen LogP contribution in [-0.2, 0) is 4.79 Å². The first-order valence-corrected chi connectivity index (χ1v) is 10.1. The molecule has 2 bridgehead atoms. The van der Waals surface area contributed by atoms with Gasteiger partial charge in [0.15, 0.2) is 6.10 Å². The van der Waals surface area contributed by atoms with Crippen LogP contribution in [-0.4, -0.2) is 35.0 Å². The van der Waals surface area contributed by atoms with E-state index in [2.05, 4.69) is 0 Å². The molecule has 2 aromatic rings. The average Bonchev–Trinajstić information content (AvgIpc) is 2.64. The molecule has 0 radical (unpaired) electrons. The van der Waals surface area contributed by atoms with Crippen LogP contribution in [0.2, 0.25) is 0 Å². The van der Waals surface area contributed by atoms with E-state index in [1.807, 2.05) is 24.0 Å². The van der Waals surface area contributed by atoms with Gasteiger partial charge in [0.1, 0.15) is 11.3 Å². The molecular weight excluding hydrogens is 356 g/mol. The van der Waals surface area contributed by atoms with Gasteiger partial charge in [0.25, 0.3) is 5.91 Å². The molecule has 2 unspecified atom stereocenters. The predicted molar refractivity (Wildman–Crippen MR) is 108 cm³/mol. The summed E-state index contributed by atoms with van der Waals surface area (Å²) in [5, 5.41) is 0.878. The summed E-state index contributed by atoms with van der Waals surface area (Å²) in [6.07, 6.45) is 4.32. The van der Waals surface area contributed by atoms with Gasteiger partial charge in [-0.05, 0) is 70.6 Å². The molecule has 3 heterocycles. The number of carbonyl (C=O) groups excluding carboxylic acids is 1. The molecule has 1 aromatic heterocycles. The van der Waals surface area contributed by atoms with Crippen molar-refractivity contribution in [2.24, 2.45) is 5.73 Å². The molecule has 2 saturated heterocycles. The maximum absolute atomic E-state index is 13.1. The second kappa shape index (κ2) is 7.24. The lowest BCUT2D eigenvalue weighted by Crippen LogP contribution is -2.59. The minimum absolute atomic E-state index is 0.0169. The number of benzene rings is 1. The molecule has 4 rings (SSSR count). The van der Waals surface area contributed by atoms with E-state index in [0.29, 0.717) is 16.9 Å². The molecule has 0 spiro atoms. The van der Waals surface area contributed by atoms with Crippen LogP contribution >= 0.6 is 0 Å². The zero-order chi connectivity index (χ0) is 20.0. The zero-order valence-electron chi connectivity index (χ0n) is 16.7. The van der Waals surface area contributed by atoms with E-state index in [4.69, 9.17) is 14.9 Å². The molecule has 2 aliphatic heterocycles. The Balaban J connectivity index is 1.55. The van der Waals surface area contributed by atoms with Crippen LogP contribution < -0.4 is 16.1 Å². The Morgan fingerprint density at radius 3 is 2.57 bits per heavy atom. The normalized spacial score (nSPS) is 25.6. The molecule has 150 valence electrons. The highest BCUT2D eigenvalue weighted by atomic mass is 16.5. The van der Waals surface area contributed by atoms with Gasteiger partial charge in [-0.15, -0.1) is 0 Å². The van der Waals surface area contributed by atoms with Crippen LogP contribution in [0.15, 0.2) is 27.4 Å². The molecule has 2 aliphatic rings. The van der Waals surface area contributed by atoms with E-state index in [9.17, 15) is 9.59 Å². The van der Waals surface area contributed by atoms with Gasteiger partial charge in [-0.2, -0.15) is 0 Å². The van der Waals surface area contributed by atoms with Gasteiger partial charge >= 0.3 is 5.63 Å². The summed E-state index contributed by atoms with van der Waals surface area (Å²) in [5.41, 5.74) is 7.82. The first kappa shape index (κ1) is 19.0. The van der Waals surface area contributed by atoms with Crippen molar-refractivity contribution in [3.63, 3.8) is 0 Å². The predicted octanol–water partition coefficient (Wildman–Crippen LogP) is 3.05. The molecule has 6 heteroatoms. The number of nitrogens with zero attached hydrogens (tertiary/aromatic N) is 1. The van der Waals surface area contributed by atoms with E-state index in [0.717, 1.165) is 43.1 Å². The van der Waals surface area contributed by atoms with Crippen LogP contribution in [0.1, 0.15) is 50.2 Å². The van der Waals surface area contributed by atoms with Crippen molar-refractivity contribution in [3.8, 4) is 5.75 Å². The zero-order valence-corrected chi connectivity index (χ0v) is 16.7. The van der Waals surface area contributed by atoms with Crippen molar-refractivity contribution in [1.82, 2.24) is 4.90 Å². The number of hydrogen-bond donors (Lipinski definition) is 1. The van der Waals surface area contributed by atoms with Crippen molar-refractivity contribution in [2.75, 3.05) is 0 Å². The summed E-state index contributed by atoms with van der Waals surface area (Å²) < 4.78 is 11.4. The maximum Gasteiger partial charge on any atom is 0.339 e. The number of piperidine rings is 2. The maximum atomic E-state index is 13.1. The molecule has 1 aromatic carbocycles. The third-order valence-electron chi connectivity index (χ3n) is 6.35. The number of ether oxygens (including phenoxy) is 1. The van der Waals surface area contributed by atoms with Crippen molar-refractivity contribution in [2.45, 2.75) is 77.1 Å². The summed E-state index contributed by atoms with van der Waals surface area (Å²) in [6, 6.07) is 6.03. The van der Waals surface area contributed by atoms with Gasteiger partial charge in [0.05, 0.1) is 0 Å². The smallest absolute Gasteiger partial charge is 0.339 e. The number of carbonyl (C=O) groups is 1. The van der Waals surface area contributed by atoms with E-state index in [1.54, 1.807) is 19.9 Å². The van der Waals surface area contributed by atoms with Crippen molar-refractivity contribution in [1.29, 1.82) is 0 Å². The minimum Gasteiger partial charge on any atom is -0.481 e. The number of rotatable bonds is 3. The van der Waals surface area contributed by atoms with Crippen LogP contribution in [0.3, 0.4) is 0 Å². The fraction of sp³-hybridized carbons (Fsp3) is 0.545. The quantitative estimate of drug-likeness (QED) is 0.822. The SMILES string of the molecule is Cc1c(C)c2ccc(OC(C)C(=O)N3[C@@H]4CCC[C@H]3CC(N)C4)cc2oc1=O. The number of nitrogens with two attached hydrogens (primary N) is 1. The van der Waals surface area contributed by atoms with Gasteiger partial charge in [0.2, 0.25) is 0 Å². The summed E-state index contributed by atoms with van der Waals surface area (Å²) in [6.45, 7) is 5.45. The molecule has 6 nitrogen and oxygen atoms in total. The van der Waals surface area contributed by atoms with Crippen molar-refractivity contribution in [3.05, 3.63) is 39.7 Å². The third kappa shape index (κ3) is 3.30. The Labute approximate surface area is 164 Å². The monoisotopic (exact) mass is 384 g/mol. The molecule has 2 N–H and O–H groups in total. The Hall–Kier alpha value is -2.34. The highest BCUT2D eigenvalue weighted by Gasteiger charge is 2.41. The van der Waals surface area contributed by atoms with E-state index in [1.165, 1.54) is 0 Å². The second-order valence-electron chi connectivity index (χ2n) is 8.27. The third-order valence-corrected chi connectivity index (χ3v) is 6.35. The number of aryl methyl sites for hydroxylation is 1. The molecule has 0 aliphatic carbocycles. The second-order valence-corrected chi connectivity index (χ2v) is 8.27. The Morgan fingerprint density at radius 1 is 1.21 bits per heavy atom. The van der Waals surface area contributed by atoms with Gasteiger partial charge < -0.3 is 19.8 Å². The first-order chi connectivity index (χ1) is 13.3. The summed E-state index contributed by atoms with van der Waals surface area (Å²) in [4.78, 5) is 27.1. The Morgan fingerprint density at radius 2 is 1.89 bits per heavy atom. The number of amides is 1. The lowest BCUT2D eigenvalue weighted by atomic mass is 9.82. The van der Waals surface area contributed by atoms with Gasteiger partial charge in [0, 0.05) is 35.1 Å². The summed E-state index contributed by atoms with van der Waals surface area (Å²) >= 11 is 0. The molecule has 0 saturated carbocycles. The topological polar surface area (TPSA) is 85.8 Å². The van der Waals surface area contributed by atoms with Crippen LogP contribution in [0.4, 0.5) is 0 Å². The van der Waals surface area contributed by atoms with Crippen molar-refractivity contribution >= 4 is 16.9 Å². The molecule has 1 amide bonds. The molecular formula is C22H28N2O4. The Kier molecular flexibility index (Phi) is 4.91. The van der Waals surface area contributed by atoms with Crippen molar-refractivity contribution < 1.29 is 13.9 Å². The highest BCUT2D eigenvalue weighted by Crippen LogP contribution is 2.34. The fourth-order valence-electron chi connectivity index (χ4n) is 4.75. The van der Waals surface area contributed by atoms with E-state index >= 15 is 0 Å². The fourth-order valence-corrected chi connectivity index (χ4v) is 4.75. The minimum atomic E-state index is -0.604. The molecule has 2 fully saturated rings. The number of fused-ring (bicyclic) bond motifs is 3. The van der Waals surface area contributed by atoms with E-state index in [-0.39, 0.29) is 29.7 Å². The Bertz CT molecular complexity index is 953.